The van der Waals surface area contributed by atoms with E-state index >= 15 is 0 Å². The van der Waals surface area contributed by atoms with Crippen molar-refractivity contribution >= 4 is 75.4 Å². The molecule has 212 valence electrons. The maximum Gasteiger partial charge on any atom is -0.00268 e. The molecule has 0 bridgehead atoms. The predicted octanol–water partition coefficient (Wildman–Crippen LogP) is 13.1. The average molecular weight is 581 g/mol. The number of hydrogen-bond donors (Lipinski definition) is 0. The SMILES string of the molecule is c1ccc2c(c1)ccc1ccc3cc(-c4ccc5cc(-c6ccc7c(ccc8ccc9ccccc9c87)c6)ccc5c4)ccc3c12. The van der Waals surface area contributed by atoms with Gasteiger partial charge in [0, 0.05) is 0 Å². The number of benzene rings is 10. The van der Waals surface area contributed by atoms with Crippen LogP contribution in [-0.4, -0.2) is 0 Å². The van der Waals surface area contributed by atoms with Crippen molar-refractivity contribution in [3.05, 3.63) is 170 Å². The van der Waals surface area contributed by atoms with Crippen LogP contribution in [0, 0.1) is 0 Å². The molecule has 0 spiro atoms. The summed E-state index contributed by atoms with van der Waals surface area (Å²) in [7, 11) is 0. The molecule has 10 aromatic rings. The van der Waals surface area contributed by atoms with Crippen LogP contribution in [0.4, 0.5) is 0 Å². The highest BCUT2D eigenvalue weighted by Gasteiger charge is 2.10. The standard InChI is InChI=1S/C46H28/c1-3-7-41-29(5-1)9-11-31-13-19-39-27-37(21-23-43(39)45(31)41)35-17-15-34-26-36(18-16-33(34)25-35)38-22-24-44-40(28-38)20-14-32-12-10-30-6-2-4-8-42(30)46(32)44/h1-28H. The molecule has 0 aromatic heterocycles. The summed E-state index contributed by atoms with van der Waals surface area (Å²) in [5, 5.41) is 18.1. The van der Waals surface area contributed by atoms with Gasteiger partial charge in [-0.05, 0) is 122 Å². The lowest BCUT2D eigenvalue weighted by atomic mass is 9.92. The van der Waals surface area contributed by atoms with Gasteiger partial charge in [-0.3, -0.25) is 0 Å². The van der Waals surface area contributed by atoms with E-state index in [0.29, 0.717) is 0 Å². The molecule has 10 aromatic carbocycles. The molecular weight excluding hydrogens is 553 g/mol. The van der Waals surface area contributed by atoms with E-state index in [2.05, 4.69) is 170 Å². The molecule has 0 heteroatoms. The van der Waals surface area contributed by atoms with E-state index < -0.39 is 0 Å². The Balaban J connectivity index is 1.04. The number of rotatable bonds is 2. The molecule has 0 aliphatic heterocycles. The average Bonchev–Trinajstić information content (AvgIpc) is 3.13. The quantitative estimate of drug-likeness (QED) is 0.178. The first-order valence-electron chi connectivity index (χ1n) is 16.0. The van der Waals surface area contributed by atoms with Crippen LogP contribution in [0.1, 0.15) is 0 Å². The normalized spacial score (nSPS) is 11.9. The topological polar surface area (TPSA) is 0 Å². The second-order valence-electron chi connectivity index (χ2n) is 12.5. The van der Waals surface area contributed by atoms with Crippen LogP contribution < -0.4 is 0 Å². The van der Waals surface area contributed by atoms with E-state index in [4.69, 9.17) is 0 Å². The maximum atomic E-state index is 2.34. The number of fused-ring (bicyclic) bond motifs is 11. The molecule has 0 saturated carbocycles. The molecule has 10 rings (SSSR count). The monoisotopic (exact) mass is 580 g/mol. The van der Waals surface area contributed by atoms with Gasteiger partial charge in [0.2, 0.25) is 0 Å². The van der Waals surface area contributed by atoms with Gasteiger partial charge in [-0.1, -0.05) is 146 Å². The zero-order valence-corrected chi connectivity index (χ0v) is 25.2. The predicted molar refractivity (Wildman–Crippen MR) is 200 cm³/mol. The van der Waals surface area contributed by atoms with Gasteiger partial charge < -0.3 is 0 Å². The second kappa shape index (κ2) is 9.76. The van der Waals surface area contributed by atoms with Gasteiger partial charge in [-0.2, -0.15) is 0 Å². The van der Waals surface area contributed by atoms with E-state index in [9.17, 15) is 0 Å². The van der Waals surface area contributed by atoms with Gasteiger partial charge >= 0.3 is 0 Å². The van der Waals surface area contributed by atoms with Crippen LogP contribution in [0.25, 0.3) is 97.7 Å². The van der Waals surface area contributed by atoms with Gasteiger partial charge in [0.25, 0.3) is 0 Å². The van der Waals surface area contributed by atoms with Crippen molar-refractivity contribution in [3.8, 4) is 22.3 Å². The van der Waals surface area contributed by atoms with E-state index in [1.54, 1.807) is 0 Å². The molecule has 0 atom stereocenters. The Morgan fingerprint density at radius 3 is 0.957 bits per heavy atom. The van der Waals surface area contributed by atoms with Crippen LogP contribution in [0.15, 0.2) is 170 Å². The molecule has 0 N–H and O–H groups in total. The smallest absolute Gasteiger partial charge is 0.00268 e. The van der Waals surface area contributed by atoms with E-state index in [1.807, 2.05) is 0 Å². The summed E-state index contributed by atoms with van der Waals surface area (Å²) >= 11 is 0. The first-order chi connectivity index (χ1) is 22.8. The van der Waals surface area contributed by atoms with Crippen molar-refractivity contribution in [3.63, 3.8) is 0 Å². The molecule has 0 nitrogen and oxygen atoms in total. The largest absolute Gasteiger partial charge is 0.0616 e. The summed E-state index contributed by atoms with van der Waals surface area (Å²) < 4.78 is 0. The third-order valence-electron chi connectivity index (χ3n) is 9.96. The molecule has 0 unspecified atom stereocenters. The Morgan fingerprint density at radius 2 is 0.500 bits per heavy atom. The zero-order valence-electron chi connectivity index (χ0n) is 25.2. The van der Waals surface area contributed by atoms with Gasteiger partial charge in [0.1, 0.15) is 0 Å². The summed E-state index contributed by atoms with van der Waals surface area (Å²) in [6.45, 7) is 0. The van der Waals surface area contributed by atoms with Crippen molar-refractivity contribution in [1.82, 2.24) is 0 Å². The second-order valence-corrected chi connectivity index (χ2v) is 12.5. The first-order valence-corrected chi connectivity index (χ1v) is 16.0. The fourth-order valence-electron chi connectivity index (χ4n) is 7.64. The molecular formula is C46H28. The van der Waals surface area contributed by atoms with Gasteiger partial charge in [0.05, 0.1) is 0 Å². The zero-order chi connectivity index (χ0) is 30.2. The lowest BCUT2D eigenvalue weighted by Crippen LogP contribution is -1.85. The van der Waals surface area contributed by atoms with Crippen molar-refractivity contribution in [1.29, 1.82) is 0 Å². The highest BCUT2D eigenvalue weighted by Crippen LogP contribution is 2.37. The van der Waals surface area contributed by atoms with Crippen LogP contribution in [0.5, 0.6) is 0 Å². The third kappa shape index (κ3) is 3.87. The van der Waals surface area contributed by atoms with Crippen LogP contribution in [0.2, 0.25) is 0 Å². The third-order valence-corrected chi connectivity index (χ3v) is 9.96. The van der Waals surface area contributed by atoms with Gasteiger partial charge in [-0.25, -0.2) is 0 Å². The summed E-state index contributed by atoms with van der Waals surface area (Å²) in [5.74, 6) is 0. The van der Waals surface area contributed by atoms with Crippen LogP contribution in [-0.2, 0) is 0 Å². The summed E-state index contributed by atoms with van der Waals surface area (Å²) in [6, 6.07) is 62.9. The minimum Gasteiger partial charge on any atom is -0.0616 e. The number of hydrogen-bond acceptors (Lipinski definition) is 0. The molecule has 0 aliphatic carbocycles. The molecule has 0 saturated heterocycles. The van der Waals surface area contributed by atoms with Gasteiger partial charge in [0.15, 0.2) is 0 Å². The minimum absolute atomic E-state index is 1.24. The molecule has 0 heterocycles. The van der Waals surface area contributed by atoms with Crippen molar-refractivity contribution in [2.45, 2.75) is 0 Å². The van der Waals surface area contributed by atoms with Crippen molar-refractivity contribution < 1.29 is 0 Å². The lowest BCUT2D eigenvalue weighted by Gasteiger charge is -2.12. The molecule has 46 heavy (non-hydrogen) atoms. The maximum absolute atomic E-state index is 2.34. The fraction of sp³-hybridized carbons (Fsp3) is 0. The van der Waals surface area contributed by atoms with E-state index in [-0.39, 0.29) is 0 Å². The highest BCUT2D eigenvalue weighted by molar-refractivity contribution is 6.21. The lowest BCUT2D eigenvalue weighted by molar-refractivity contribution is 1.66. The fourth-order valence-corrected chi connectivity index (χ4v) is 7.64. The minimum atomic E-state index is 1.24. The Labute approximate surface area is 266 Å². The summed E-state index contributed by atoms with van der Waals surface area (Å²) in [5.41, 5.74) is 4.97. The Hall–Kier alpha value is -5.98. The molecule has 0 fully saturated rings. The van der Waals surface area contributed by atoms with Gasteiger partial charge in [-0.15, -0.1) is 0 Å². The Morgan fingerprint density at radius 1 is 0.196 bits per heavy atom. The molecule has 0 aliphatic rings. The highest BCUT2D eigenvalue weighted by atomic mass is 14.1. The van der Waals surface area contributed by atoms with E-state index in [1.165, 1.54) is 97.7 Å². The van der Waals surface area contributed by atoms with E-state index in [0.717, 1.165) is 0 Å². The van der Waals surface area contributed by atoms with Crippen molar-refractivity contribution in [2.24, 2.45) is 0 Å². The molecule has 0 amide bonds. The summed E-state index contributed by atoms with van der Waals surface area (Å²) in [6.07, 6.45) is 0. The van der Waals surface area contributed by atoms with Crippen LogP contribution in [0.3, 0.4) is 0 Å². The first kappa shape index (κ1) is 25.4. The van der Waals surface area contributed by atoms with Crippen LogP contribution >= 0.6 is 0 Å². The van der Waals surface area contributed by atoms with Crippen molar-refractivity contribution in [2.75, 3.05) is 0 Å². The Kier molecular flexibility index (Phi) is 5.38. The summed E-state index contributed by atoms with van der Waals surface area (Å²) in [4.78, 5) is 0. The Bertz CT molecular complexity index is 2660. The molecule has 0 radical (unpaired) electrons.